The van der Waals surface area contributed by atoms with Crippen LogP contribution in [0.3, 0.4) is 0 Å². The van der Waals surface area contributed by atoms with E-state index in [1.54, 1.807) is 0 Å². The smallest absolute Gasteiger partial charge is 0.170 e. The predicted octanol–water partition coefficient (Wildman–Crippen LogP) is 2.72. The molecule has 0 saturated heterocycles. The Hall–Kier alpha value is -1.49. The molecule has 0 unspecified atom stereocenters. The highest BCUT2D eigenvalue weighted by atomic mass is 19.1. The quantitative estimate of drug-likeness (QED) is 0.905. The van der Waals surface area contributed by atoms with Crippen LogP contribution in [0.15, 0.2) is 6.07 Å². The largest absolute Gasteiger partial charge is 0.493 e. The number of benzene rings is 1. The molecule has 0 aromatic heterocycles. The molecule has 3 rings (SSSR count). The molecule has 20 heavy (non-hydrogen) atoms. The Bertz CT molecular complexity index is 512. The summed E-state index contributed by atoms with van der Waals surface area (Å²) >= 11 is 0. The van der Waals surface area contributed by atoms with Crippen molar-refractivity contribution in [1.82, 2.24) is 0 Å². The van der Waals surface area contributed by atoms with E-state index in [0.29, 0.717) is 30.3 Å². The van der Waals surface area contributed by atoms with E-state index in [9.17, 15) is 4.39 Å². The average molecular weight is 281 g/mol. The van der Waals surface area contributed by atoms with Crippen LogP contribution in [0, 0.1) is 5.82 Å². The van der Waals surface area contributed by atoms with Gasteiger partial charge in [-0.3, -0.25) is 0 Å². The van der Waals surface area contributed by atoms with Crippen molar-refractivity contribution in [2.24, 2.45) is 5.73 Å². The number of ether oxygens (including phenoxy) is 3. The van der Waals surface area contributed by atoms with Gasteiger partial charge < -0.3 is 19.9 Å². The van der Waals surface area contributed by atoms with E-state index < -0.39 is 11.4 Å². The number of fused-ring (bicyclic) bond motifs is 1. The molecule has 2 N–H and O–H groups in total. The van der Waals surface area contributed by atoms with Gasteiger partial charge in [0.2, 0.25) is 0 Å². The molecule has 1 aliphatic heterocycles. The van der Waals surface area contributed by atoms with E-state index >= 15 is 0 Å². The normalized spacial score (nSPS) is 20.6. The van der Waals surface area contributed by atoms with Crippen LogP contribution in [0.5, 0.6) is 17.2 Å². The fourth-order valence-corrected chi connectivity index (χ4v) is 3.17. The summed E-state index contributed by atoms with van der Waals surface area (Å²) in [5, 5.41) is 0. The zero-order valence-corrected chi connectivity index (χ0v) is 11.7. The second-order valence-corrected chi connectivity index (χ2v) is 5.51. The Morgan fingerprint density at radius 2 is 1.90 bits per heavy atom. The first kappa shape index (κ1) is 13.5. The highest BCUT2D eigenvalue weighted by Crippen LogP contribution is 2.50. The third-order valence-electron chi connectivity index (χ3n) is 4.14. The van der Waals surface area contributed by atoms with Gasteiger partial charge in [0.15, 0.2) is 23.1 Å². The number of rotatable bonds is 2. The summed E-state index contributed by atoms with van der Waals surface area (Å²) in [5.74, 6) is 0.750. The molecule has 110 valence electrons. The number of nitrogens with two attached hydrogens (primary N) is 1. The molecule has 4 nitrogen and oxygen atoms in total. The van der Waals surface area contributed by atoms with Crippen molar-refractivity contribution in [1.29, 1.82) is 0 Å². The second-order valence-electron chi connectivity index (χ2n) is 5.51. The van der Waals surface area contributed by atoms with Crippen molar-refractivity contribution in [3.8, 4) is 17.2 Å². The molecule has 2 aliphatic rings. The maximum absolute atomic E-state index is 14.3. The van der Waals surface area contributed by atoms with Crippen molar-refractivity contribution in [3.05, 3.63) is 17.4 Å². The molecule has 0 radical (unpaired) electrons. The first-order valence-electron chi connectivity index (χ1n) is 7.11. The molecular weight excluding hydrogens is 261 g/mol. The molecule has 0 bridgehead atoms. The molecular formula is C15H20FNO3. The van der Waals surface area contributed by atoms with Gasteiger partial charge in [-0.2, -0.15) is 0 Å². The van der Waals surface area contributed by atoms with Gasteiger partial charge in [0.05, 0.1) is 25.9 Å². The molecule has 1 aromatic rings. The van der Waals surface area contributed by atoms with E-state index in [0.717, 1.165) is 32.1 Å². The number of methoxy groups -OCH3 is 1. The van der Waals surface area contributed by atoms with Crippen LogP contribution < -0.4 is 19.9 Å². The maximum Gasteiger partial charge on any atom is 0.170 e. The third-order valence-corrected chi connectivity index (χ3v) is 4.14. The zero-order valence-electron chi connectivity index (χ0n) is 11.7. The van der Waals surface area contributed by atoms with E-state index in [2.05, 4.69) is 0 Å². The van der Waals surface area contributed by atoms with Crippen LogP contribution in [-0.2, 0) is 5.54 Å². The Morgan fingerprint density at radius 3 is 2.60 bits per heavy atom. The monoisotopic (exact) mass is 281 g/mol. The molecule has 0 atom stereocenters. The number of hydrogen-bond acceptors (Lipinski definition) is 4. The van der Waals surface area contributed by atoms with Crippen LogP contribution in [0.2, 0.25) is 0 Å². The van der Waals surface area contributed by atoms with Gasteiger partial charge in [-0.25, -0.2) is 4.39 Å². The molecule has 0 spiro atoms. The van der Waals surface area contributed by atoms with Gasteiger partial charge in [0.1, 0.15) is 0 Å². The molecule has 1 fully saturated rings. The zero-order chi connectivity index (χ0) is 14.2. The second kappa shape index (κ2) is 5.13. The van der Waals surface area contributed by atoms with Crippen LogP contribution in [0.25, 0.3) is 0 Å². The lowest BCUT2D eigenvalue weighted by molar-refractivity contribution is 0.290. The summed E-state index contributed by atoms with van der Waals surface area (Å²) in [6, 6.07) is 1.33. The third kappa shape index (κ3) is 2.10. The van der Waals surface area contributed by atoms with Crippen molar-refractivity contribution in [2.45, 2.75) is 37.6 Å². The Morgan fingerprint density at radius 1 is 1.20 bits per heavy atom. The van der Waals surface area contributed by atoms with Crippen LogP contribution in [-0.4, -0.2) is 20.3 Å². The van der Waals surface area contributed by atoms with Gasteiger partial charge in [-0.05, 0) is 12.8 Å². The minimum absolute atomic E-state index is 0.193. The van der Waals surface area contributed by atoms with Gasteiger partial charge in [-0.15, -0.1) is 0 Å². The Kier molecular flexibility index (Phi) is 3.46. The molecule has 1 heterocycles. The fourth-order valence-electron chi connectivity index (χ4n) is 3.17. The van der Waals surface area contributed by atoms with E-state index in [1.165, 1.54) is 13.2 Å². The number of halogens is 1. The highest BCUT2D eigenvalue weighted by Gasteiger charge is 2.39. The minimum atomic E-state index is -0.592. The lowest BCUT2D eigenvalue weighted by atomic mass is 9.87. The Balaban J connectivity index is 2.20. The van der Waals surface area contributed by atoms with Crippen LogP contribution >= 0.6 is 0 Å². The van der Waals surface area contributed by atoms with E-state index in [-0.39, 0.29) is 5.75 Å². The van der Waals surface area contributed by atoms with Crippen LogP contribution in [0.1, 0.15) is 37.7 Å². The van der Waals surface area contributed by atoms with Crippen molar-refractivity contribution >= 4 is 0 Å². The van der Waals surface area contributed by atoms with Gasteiger partial charge in [0, 0.05) is 18.0 Å². The predicted molar refractivity (Wildman–Crippen MR) is 72.9 cm³/mol. The summed E-state index contributed by atoms with van der Waals surface area (Å²) in [6.45, 7) is 1.07. The van der Waals surface area contributed by atoms with Crippen molar-refractivity contribution < 1.29 is 18.6 Å². The van der Waals surface area contributed by atoms with Crippen molar-refractivity contribution in [3.63, 3.8) is 0 Å². The topological polar surface area (TPSA) is 53.7 Å². The first-order chi connectivity index (χ1) is 9.65. The fraction of sp³-hybridized carbons (Fsp3) is 0.600. The number of hydrogen-bond donors (Lipinski definition) is 1. The minimum Gasteiger partial charge on any atom is -0.493 e. The van der Waals surface area contributed by atoms with Crippen molar-refractivity contribution in [2.75, 3.05) is 20.3 Å². The first-order valence-corrected chi connectivity index (χ1v) is 7.11. The molecule has 1 saturated carbocycles. The molecule has 1 aromatic carbocycles. The standard InChI is InChI=1S/C15H20FNO3/c1-18-13-10(16)9-11-14(20-8-4-7-19-11)12(13)15(17)5-2-3-6-15/h9H,2-8,17H2,1H3. The van der Waals surface area contributed by atoms with Gasteiger partial charge >= 0.3 is 0 Å². The lowest BCUT2D eigenvalue weighted by Gasteiger charge is -2.29. The SMILES string of the molecule is COc1c(F)cc2c(c1C1(N)CCCC1)OCCCO2. The van der Waals surface area contributed by atoms with Gasteiger partial charge in [-0.1, -0.05) is 12.8 Å². The highest BCUT2D eigenvalue weighted by molar-refractivity contribution is 5.58. The van der Waals surface area contributed by atoms with Crippen LogP contribution in [0.4, 0.5) is 4.39 Å². The lowest BCUT2D eigenvalue weighted by Crippen LogP contribution is -2.34. The summed E-state index contributed by atoms with van der Waals surface area (Å²) in [5.41, 5.74) is 6.56. The maximum atomic E-state index is 14.3. The summed E-state index contributed by atoms with van der Waals surface area (Å²) < 4.78 is 30.9. The molecule has 5 heteroatoms. The Labute approximate surface area is 118 Å². The summed E-state index contributed by atoms with van der Waals surface area (Å²) in [6.07, 6.45) is 4.46. The van der Waals surface area contributed by atoms with E-state index in [4.69, 9.17) is 19.9 Å². The van der Waals surface area contributed by atoms with Gasteiger partial charge in [0.25, 0.3) is 0 Å². The summed E-state index contributed by atoms with van der Waals surface area (Å²) in [7, 11) is 1.46. The van der Waals surface area contributed by atoms with E-state index in [1.807, 2.05) is 0 Å². The molecule has 1 aliphatic carbocycles. The average Bonchev–Trinajstić information content (AvgIpc) is 2.74. The summed E-state index contributed by atoms with van der Waals surface area (Å²) in [4.78, 5) is 0. The molecule has 0 amide bonds.